The van der Waals surface area contributed by atoms with Crippen LogP contribution >= 0.6 is 23.7 Å². The van der Waals surface area contributed by atoms with Crippen molar-refractivity contribution in [1.82, 2.24) is 16.0 Å². The average Bonchev–Trinajstić information content (AvgIpc) is 2.92. The quantitative estimate of drug-likeness (QED) is 0.767. The maximum absolute atomic E-state index is 12.1. The summed E-state index contributed by atoms with van der Waals surface area (Å²) in [5, 5.41) is 11.1. The van der Waals surface area contributed by atoms with E-state index in [1.807, 2.05) is 17.5 Å². The first-order valence-corrected chi connectivity index (χ1v) is 7.83. The highest BCUT2D eigenvalue weighted by Crippen LogP contribution is 2.22. The molecule has 0 saturated carbocycles. The van der Waals surface area contributed by atoms with E-state index in [1.54, 1.807) is 11.3 Å². The normalized spacial score (nSPS) is 19.2. The molecule has 1 aromatic heterocycles. The highest BCUT2D eigenvalue weighted by Gasteiger charge is 2.21. The van der Waals surface area contributed by atoms with Crippen LogP contribution in [0.2, 0.25) is 0 Å². The number of amides is 2. The predicted octanol–water partition coefficient (Wildman–Crippen LogP) is 1.61. The first-order chi connectivity index (χ1) is 9.65. The van der Waals surface area contributed by atoms with Crippen LogP contribution in [0.5, 0.6) is 0 Å². The third kappa shape index (κ3) is 6.03. The summed E-state index contributed by atoms with van der Waals surface area (Å²) in [5.41, 5.74) is 0. The van der Waals surface area contributed by atoms with E-state index in [0.29, 0.717) is 0 Å². The van der Waals surface area contributed by atoms with Gasteiger partial charge in [-0.25, -0.2) is 0 Å². The van der Waals surface area contributed by atoms with Gasteiger partial charge in [0, 0.05) is 24.4 Å². The summed E-state index contributed by atoms with van der Waals surface area (Å²) in [4.78, 5) is 24.4. The molecule has 118 valence electrons. The predicted molar refractivity (Wildman–Crippen MR) is 86.8 cm³/mol. The first-order valence-electron chi connectivity index (χ1n) is 6.95. The van der Waals surface area contributed by atoms with Crippen LogP contribution in [0, 0.1) is 0 Å². The van der Waals surface area contributed by atoms with Crippen molar-refractivity contribution < 1.29 is 9.59 Å². The van der Waals surface area contributed by atoms with E-state index in [1.165, 1.54) is 6.92 Å². The van der Waals surface area contributed by atoms with E-state index in [9.17, 15) is 9.59 Å². The summed E-state index contributed by atoms with van der Waals surface area (Å²) in [6.45, 7) is 3.33. The fourth-order valence-electron chi connectivity index (χ4n) is 2.40. The van der Waals surface area contributed by atoms with Crippen molar-refractivity contribution in [2.24, 2.45) is 0 Å². The molecule has 0 radical (unpaired) electrons. The molecule has 1 unspecified atom stereocenters. The molecule has 1 saturated heterocycles. The standard InChI is InChI=1S/C14H21N3O2S.ClH/c1-10(18)16-12(13-5-3-7-20-13)8-14(19)17-11-4-2-6-15-9-11;/h3,5,7,11-12,15H,2,4,6,8-9H2,1H3,(H,16,18)(H,17,19);1H/t11-,12?;/m0./s1. The monoisotopic (exact) mass is 331 g/mol. The number of carbonyl (C=O) groups excluding carboxylic acids is 2. The molecule has 0 aromatic carbocycles. The van der Waals surface area contributed by atoms with Crippen molar-refractivity contribution in [3.8, 4) is 0 Å². The SMILES string of the molecule is CC(=O)NC(CC(=O)N[C@H]1CCCNC1)c1cccs1.Cl. The summed E-state index contributed by atoms with van der Waals surface area (Å²) in [6.07, 6.45) is 2.39. The molecule has 3 N–H and O–H groups in total. The minimum atomic E-state index is -0.232. The van der Waals surface area contributed by atoms with Gasteiger partial charge in [-0.15, -0.1) is 23.7 Å². The van der Waals surface area contributed by atoms with Crippen LogP contribution in [0.1, 0.15) is 37.1 Å². The Bertz CT molecular complexity index is 447. The minimum absolute atomic E-state index is 0. The molecule has 2 atom stereocenters. The third-order valence-electron chi connectivity index (χ3n) is 3.32. The number of piperidine rings is 1. The van der Waals surface area contributed by atoms with Gasteiger partial charge in [0.25, 0.3) is 0 Å². The third-order valence-corrected chi connectivity index (χ3v) is 4.30. The van der Waals surface area contributed by atoms with Crippen molar-refractivity contribution >= 4 is 35.6 Å². The van der Waals surface area contributed by atoms with Crippen molar-refractivity contribution in [3.05, 3.63) is 22.4 Å². The number of rotatable bonds is 5. The Hall–Kier alpha value is -1.11. The van der Waals surface area contributed by atoms with E-state index in [4.69, 9.17) is 0 Å². The summed E-state index contributed by atoms with van der Waals surface area (Å²) < 4.78 is 0. The van der Waals surface area contributed by atoms with E-state index >= 15 is 0 Å². The Morgan fingerprint density at radius 2 is 2.33 bits per heavy atom. The van der Waals surface area contributed by atoms with Gasteiger partial charge in [0.2, 0.25) is 11.8 Å². The fraction of sp³-hybridized carbons (Fsp3) is 0.571. The van der Waals surface area contributed by atoms with Crippen molar-refractivity contribution in [1.29, 1.82) is 0 Å². The van der Waals surface area contributed by atoms with Gasteiger partial charge in [-0.2, -0.15) is 0 Å². The number of thiophene rings is 1. The Morgan fingerprint density at radius 3 is 2.90 bits per heavy atom. The van der Waals surface area contributed by atoms with E-state index in [-0.39, 0.29) is 42.7 Å². The van der Waals surface area contributed by atoms with Gasteiger partial charge in [0.15, 0.2) is 0 Å². The summed E-state index contributed by atoms with van der Waals surface area (Å²) in [7, 11) is 0. The van der Waals surface area contributed by atoms with E-state index in [2.05, 4.69) is 16.0 Å². The van der Waals surface area contributed by atoms with Gasteiger partial charge < -0.3 is 16.0 Å². The highest BCUT2D eigenvalue weighted by atomic mass is 35.5. The highest BCUT2D eigenvalue weighted by molar-refractivity contribution is 7.10. The lowest BCUT2D eigenvalue weighted by molar-refractivity contribution is -0.123. The second-order valence-corrected chi connectivity index (χ2v) is 6.06. The number of nitrogens with one attached hydrogen (secondary N) is 3. The van der Waals surface area contributed by atoms with Crippen LogP contribution in [0.25, 0.3) is 0 Å². The lowest BCUT2D eigenvalue weighted by atomic mass is 10.1. The first kappa shape index (κ1) is 17.9. The molecule has 21 heavy (non-hydrogen) atoms. The number of halogens is 1. The molecule has 1 fully saturated rings. The van der Waals surface area contributed by atoms with Gasteiger partial charge in [-0.1, -0.05) is 6.07 Å². The number of carbonyl (C=O) groups is 2. The average molecular weight is 332 g/mol. The molecule has 5 nitrogen and oxygen atoms in total. The molecule has 7 heteroatoms. The summed E-state index contributed by atoms with van der Waals surface area (Å²) in [6, 6.07) is 3.85. The van der Waals surface area contributed by atoms with Gasteiger partial charge >= 0.3 is 0 Å². The fourth-order valence-corrected chi connectivity index (χ4v) is 3.18. The Labute approximate surface area is 135 Å². The molecule has 0 bridgehead atoms. The van der Waals surface area contributed by atoms with Crippen LogP contribution in [0.15, 0.2) is 17.5 Å². The molecular formula is C14H22ClN3O2S. The Balaban J connectivity index is 0.00000220. The molecule has 2 amide bonds. The molecular weight excluding hydrogens is 310 g/mol. The number of hydrogen-bond acceptors (Lipinski definition) is 4. The molecule has 1 aliphatic heterocycles. The molecule has 1 aliphatic rings. The number of hydrogen-bond donors (Lipinski definition) is 3. The molecule has 0 aliphatic carbocycles. The second-order valence-electron chi connectivity index (χ2n) is 5.08. The van der Waals surface area contributed by atoms with Crippen molar-refractivity contribution in [2.45, 2.75) is 38.3 Å². The Kier molecular flexibility index (Phi) is 7.71. The summed E-state index contributed by atoms with van der Waals surface area (Å²) in [5.74, 6) is -0.124. The molecule has 0 spiro atoms. The maximum atomic E-state index is 12.1. The topological polar surface area (TPSA) is 70.2 Å². The van der Waals surface area contributed by atoms with Crippen molar-refractivity contribution in [2.75, 3.05) is 13.1 Å². The molecule has 2 heterocycles. The van der Waals surface area contributed by atoms with Gasteiger partial charge in [-0.3, -0.25) is 9.59 Å². The van der Waals surface area contributed by atoms with E-state index in [0.717, 1.165) is 30.8 Å². The summed E-state index contributed by atoms with van der Waals surface area (Å²) >= 11 is 1.55. The van der Waals surface area contributed by atoms with Crippen LogP contribution in [-0.2, 0) is 9.59 Å². The van der Waals surface area contributed by atoms with Gasteiger partial charge in [0.1, 0.15) is 0 Å². The minimum Gasteiger partial charge on any atom is -0.352 e. The zero-order chi connectivity index (χ0) is 14.4. The largest absolute Gasteiger partial charge is 0.352 e. The van der Waals surface area contributed by atoms with E-state index < -0.39 is 0 Å². The van der Waals surface area contributed by atoms with Crippen LogP contribution in [-0.4, -0.2) is 30.9 Å². The van der Waals surface area contributed by atoms with Crippen LogP contribution in [0.4, 0.5) is 0 Å². The van der Waals surface area contributed by atoms with Crippen LogP contribution in [0.3, 0.4) is 0 Å². The molecule has 2 rings (SSSR count). The van der Waals surface area contributed by atoms with Crippen LogP contribution < -0.4 is 16.0 Å². The van der Waals surface area contributed by atoms with Gasteiger partial charge in [-0.05, 0) is 30.8 Å². The molecule has 1 aromatic rings. The Morgan fingerprint density at radius 1 is 1.52 bits per heavy atom. The van der Waals surface area contributed by atoms with Gasteiger partial charge in [0.05, 0.1) is 12.5 Å². The zero-order valence-corrected chi connectivity index (χ0v) is 13.7. The smallest absolute Gasteiger partial charge is 0.222 e. The second kappa shape index (κ2) is 9.02. The zero-order valence-electron chi connectivity index (χ0n) is 12.1. The lowest BCUT2D eigenvalue weighted by Gasteiger charge is -2.25. The lowest BCUT2D eigenvalue weighted by Crippen LogP contribution is -2.46. The van der Waals surface area contributed by atoms with Crippen molar-refractivity contribution in [3.63, 3.8) is 0 Å². The maximum Gasteiger partial charge on any atom is 0.222 e.